The molecule has 3 N–H and O–H groups in total. The molecule has 28 heavy (non-hydrogen) atoms. The van der Waals surface area contributed by atoms with Crippen LogP contribution in [-0.4, -0.2) is 49.1 Å². The van der Waals surface area contributed by atoms with Crippen LogP contribution in [-0.2, 0) is 4.79 Å². The Bertz CT molecular complexity index is 850. The van der Waals surface area contributed by atoms with Crippen molar-refractivity contribution in [3.63, 3.8) is 0 Å². The zero-order valence-electron chi connectivity index (χ0n) is 16.0. The molecule has 6 nitrogen and oxygen atoms in total. The number of rotatable bonds is 4. The first-order chi connectivity index (χ1) is 13.4. The van der Waals surface area contributed by atoms with E-state index in [1.54, 1.807) is 0 Å². The van der Waals surface area contributed by atoms with Gasteiger partial charge in [0.1, 0.15) is 0 Å². The molecule has 1 aliphatic rings. The number of nitrogens with zero attached hydrogens (tertiary/aromatic N) is 2. The molecule has 0 radical (unpaired) electrons. The molecule has 148 valence electrons. The van der Waals surface area contributed by atoms with E-state index >= 15 is 0 Å². The predicted octanol–water partition coefficient (Wildman–Crippen LogP) is 3.86. The molecule has 3 rings (SSSR count). The molecule has 0 atom stereocenters. The number of likely N-dealkylation sites (N-methyl/N-ethyl adjacent to an activating group) is 1. The van der Waals surface area contributed by atoms with Crippen LogP contribution < -0.4 is 20.9 Å². The summed E-state index contributed by atoms with van der Waals surface area (Å²) < 4.78 is 0. The molecule has 1 fully saturated rings. The lowest BCUT2D eigenvalue weighted by Crippen LogP contribution is -2.44. The van der Waals surface area contributed by atoms with Gasteiger partial charge in [0.15, 0.2) is 5.11 Å². The maximum atomic E-state index is 11.1. The van der Waals surface area contributed by atoms with Crippen LogP contribution in [0.25, 0.3) is 0 Å². The van der Waals surface area contributed by atoms with Gasteiger partial charge in [-0.15, -0.1) is 0 Å². The van der Waals surface area contributed by atoms with Gasteiger partial charge in [-0.25, -0.2) is 0 Å². The summed E-state index contributed by atoms with van der Waals surface area (Å²) in [5, 5.41) is 10.2. The van der Waals surface area contributed by atoms with Crippen molar-refractivity contribution in [3.05, 3.63) is 47.5 Å². The van der Waals surface area contributed by atoms with Crippen molar-refractivity contribution in [1.82, 2.24) is 4.90 Å². The summed E-state index contributed by atoms with van der Waals surface area (Å²) >= 11 is 11.9. The molecule has 1 amide bonds. The Hall–Kier alpha value is -2.35. The summed E-state index contributed by atoms with van der Waals surface area (Å²) in [6.45, 7) is 5.48. The van der Waals surface area contributed by atoms with E-state index in [0.29, 0.717) is 10.1 Å². The third kappa shape index (κ3) is 5.58. The topological polar surface area (TPSA) is 59.6 Å². The van der Waals surface area contributed by atoms with Gasteiger partial charge in [-0.05, 0) is 61.7 Å². The number of thiocarbonyl (C=S) groups is 1. The number of carbonyl (C=O) groups excluding carboxylic acids is 1. The second-order valence-electron chi connectivity index (χ2n) is 6.79. The number of halogens is 1. The summed E-state index contributed by atoms with van der Waals surface area (Å²) in [4.78, 5) is 15.7. The molecular weight excluding hydrogens is 394 g/mol. The van der Waals surface area contributed by atoms with Gasteiger partial charge >= 0.3 is 0 Å². The number of amides is 1. The fourth-order valence-electron chi connectivity index (χ4n) is 3.02. The summed E-state index contributed by atoms with van der Waals surface area (Å²) in [6.07, 6.45) is 0. The second-order valence-corrected chi connectivity index (χ2v) is 7.61. The highest BCUT2D eigenvalue weighted by Gasteiger charge is 2.16. The van der Waals surface area contributed by atoms with E-state index in [2.05, 4.69) is 32.8 Å². The van der Waals surface area contributed by atoms with Crippen molar-refractivity contribution in [2.24, 2.45) is 0 Å². The standard InChI is InChI=1S/C20H24ClN5OS/c1-14(27)22-15-3-5-16(6-4-15)23-20(28)24-17-7-8-19(18(21)13-17)26-11-9-25(2)10-12-26/h3-8,13H,9-12H2,1-2H3,(H,22,27)(H2,23,24,28). The van der Waals surface area contributed by atoms with Crippen LogP contribution in [0.1, 0.15) is 6.92 Å². The van der Waals surface area contributed by atoms with Gasteiger partial charge in [0.2, 0.25) is 5.91 Å². The van der Waals surface area contributed by atoms with Crippen LogP contribution in [0.5, 0.6) is 0 Å². The van der Waals surface area contributed by atoms with Crippen LogP contribution in [0.4, 0.5) is 22.7 Å². The van der Waals surface area contributed by atoms with E-state index < -0.39 is 0 Å². The number of hydrogen-bond donors (Lipinski definition) is 3. The molecule has 0 aliphatic carbocycles. The molecule has 1 heterocycles. The van der Waals surface area contributed by atoms with Crippen molar-refractivity contribution in [1.29, 1.82) is 0 Å². The van der Waals surface area contributed by atoms with Crippen molar-refractivity contribution in [2.75, 3.05) is 54.1 Å². The number of piperazine rings is 1. The average molecular weight is 418 g/mol. The highest BCUT2D eigenvalue weighted by Crippen LogP contribution is 2.29. The van der Waals surface area contributed by atoms with E-state index in [0.717, 1.165) is 48.9 Å². The quantitative estimate of drug-likeness (QED) is 0.657. The van der Waals surface area contributed by atoms with Crippen molar-refractivity contribution >= 4 is 57.6 Å². The minimum Gasteiger partial charge on any atom is -0.368 e. The lowest BCUT2D eigenvalue weighted by Gasteiger charge is -2.34. The molecule has 0 spiro atoms. The lowest BCUT2D eigenvalue weighted by molar-refractivity contribution is -0.114. The fourth-order valence-corrected chi connectivity index (χ4v) is 3.56. The van der Waals surface area contributed by atoms with Gasteiger partial charge in [-0.2, -0.15) is 0 Å². The Labute approximate surface area is 175 Å². The number of carbonyl (C=O) groups is 1. The summed E-state index contributed by atoms with van der Waals surface area (Å²) in [7, 11) is 2.13. The van der Waals surface area contributed by atoms with Crippen molar-refractivity contribution < 1.29 is 4.79 Å². The van der Waals surface area contributed by atoms with Crippen LogP contribution in [0.3, 0.4) is 0 Å². The first-order valence-electron chi connectivity index (χ1n) is 9.09. The number of anilines is 4. The van der Waals surface area contributed by atoms with Gasteiger partial charge in [-0.3, -0.25) is 4.79 Å². The maximum absolute atomic E-state index is 11.1. The van der Waals surface area contributed by atoms with E-state index in [9.17, 15) is 4.79 Å². The second kappa shape index (κ2) is 9.23. The number of benzene rings is 2. The van der Waals surface area contributed by atoms with Gasteiger partial charge in [0.05, 0.1) is 10.7 Å². The van der Waals surface area contributed by atoms with Crippen LogP contribution in [0.2, 0.25) is 5.02 Å². The normalized spacial score (nSPS) is 14.5. The Morgan fingerprint density at radius 2 is 1.46 bits per heavy atom. The minimum absolute atomic E-state index is 0.102. The van der Waals surface area contributed by atoms with E-state index in [-0.39, 0.29) is 5.91 Å². The van der Waals surface area contributed by atoms with Crippen molar-refractivity contribution in [2.45, 2.75) is 6.92 Å². The first kappa shape index (κ1) is 20.4. The summed E-state index contributed by atoms with van der Waals surface area (Å²) in [5.41, 5.74) is 3.44. The summed E-state index contributed by atoms with van der Waals surface area (Å²) in [6, 6.07) is 13.2. The molecule has 2 aromatic rings. The lowest BCUT2D eigenvalue weighted by atomic mass is 10.2. The fraction of sp³-hybridized carbons (Fsp3) is 0.300. The maximum Gasteiger partial charge on any atom is 0.221 e. The highest BCUT2D eigenvalue weighted by atomic mass is 35.5. The monoisotopic (exact) mass is 417 g/mol. The number of hydrogen-bond acceptors (Lipinski definition) is 4. The summed E-state index contributed by atoms with van der Waals surface area (Å²) in [5.74, 6) is -0.102. The predicted molar refractivity (Wildman–Crippen MR) is 122 cm³/mol. The van der Waals surface area contributed by atoms with Gasteiger partial charge in [0, 0.05) is 50.2 Å². The highest BCUT2D eigenvalue weighted by molar-refractivity contribution is 7.80. The Morgan fingerprint density at radius 3 is 2.04 bits per heavy atom. The zero-order valence-corrected chi connectivity index (χ0v) is 17.5. The largest absolute Gasteiger partial charge is 0.368 e. The Kier molecular flexibility index (Phi) is 6.72. The minimum atomic E-state index is -0.102. The average Bonchev–Trinajstić information content (AvgIpc) is 2.64. The first-order valence-corrected chi connectivity index (χ1v) is 9.88. The molecule has 8 heteroatoms. The van der Waals surface area contributed by atoms with E-state index in [1.165, 1.54) is 6.92 Å². The molecule has 0 saturated carbocycles. The SMILES string of the molecule is CC(=O)Nc1ccc(NC(=S)Nc2ccc(N3CCN(C)CC3)c(Cl)c2)cc1. The molecule has 0 aromatic heterocycles. The van der Waals surface area contributed by atoms with E-state index in [4.69, 9.17) is 23.8 Å². The third-order valence-electron chi connectivity index (χ3n) is 4.51. The van der Waals surface area contributed by atoms with E-state index in [1.807, 2.05) is 42.5 Å². The molecule has 0 bridgehead atoms. The molecule has 0 unspecified atom stereocenters. The van der Waals surface area contributed by atoms with Crippen LogP contribution in [0, 0.1) is 0 Å². The van der Waals surface area contributed by atoms with Gasteiger partial charge in [-0.1, -0.05) is 11.6 Å². The molecular formula is C20H24ClN5OS. The number of nitrogens with one attached hydrogen (secondary N) is 3. The van der Waals surface area contributed by atoms with Crippen molar-refractivity contribution in [3.8, 4) is 0 Å². The smallest absolute Gasteiger partial charge is 0.221 e. The molecule has 1 saturated heterocycles. The van der Waals surface area contributed by atoms with Gasteiger partial charge < -0.3 is 25.8 Å². The Morgan fingerprint density at radius 1 is 0.929 bits per heavy atom. The molecule has 1 aliphatic heterocycles. The molecule has 2 aromatic carbocycles. The van der Waals surface area contributed by atoms with Gasteiger partial charge in [0.25, 0.3) is 0 Å². The zero-order chi connectivity index (χ0) is 20.1. The van der Waals surface area contributed by atoms with Crippen LogP contribution in [0.15, 0.2) is 42.5 Å². The van der Waals surface area contributed by atoms with Crippen LogP contribution >= 0.6 is 23.8 Å². The Balaban J connectivity index is 1.58. The third-order valence-corrected chi connectivity index (χ3v) is 5.02.